The number of hydrogen-bond acceptors (Lipinski definition) is 7. The van der Waals surface area contributed by atoms with Crippen LogP contribution in [0, 0.1) is 0 Å². The average molecular weight is 662 g/mol. The predicted molar refractivity (Wildman–Crippen MR) is 188 cm³/mol. The Balaban J connectivity index is 0.944. The molecule has 49 heavy (non-hydrogen) atoms. The SMILES string of the molecule is CN(C)C(=O)c1ccc(CN2CCn3c(cnc3C(=O)NCc3ccc(C(=O)Nc4ccc(N5CCOCC5)cc4)cc3)C23CCC3)cc1. The second kappa shape index (κ2) is 13.9. The van der Waals surface area contributed by atoms with Gasteiger partial charge in [-0.25, -0.2) is 4.98 Å². The van der Waals surface area contributed by atoms with E-state index < -0.39 is 0 Å². The molecule has 1 aliphatic carbocycles. The Hall–Kier alpha value is -5.00. The lowest BCUT2D eigenvalue weighted by atomic mass is 9.72. The number of ether oxygens (including phenoxy) is 1. The molecule has 0 atom stereocenters. The van der Waals surface area contributed by atoms with E-state index in [0.717, 1.165) is 86.9 Å². The van der Waals surface area contributed by atoms with E-state index in [4.69, 9.17) is 4.74 Å². The third kappa shape index (κ3) is 6.68. The van der Waals surface area contributed by atoms with E-state index >= 15 is 0 Å². The number of hydrogen-bond donors (Lipinski definition) is 2. The number of nitrogens with one attached hydrogen (secondary N) is 2. The van der Waals surface area contributed by atoms with Gasteiger partial charge in [0.2, 0.25) is 0 Å². The molecule has 3 aliphatic rings. The van der Waals surface area contributed by atoms with Crippen molar-refractivity contribution >= 4 is 29.1 Å². The van der Waals surface area contributed by atoms with Gasteiger partial charge in [0.25, 0.3) is 17.7 Å². The summed E-state index contributed by atoms with van der Waals surface area (Å²) in [6.07, 6.45) is 5.06. The highest BCUT2D eigenvalue weighted by atomic mass is 16.5. The molecule has 2 fully saturated rings. The van der Waals surface area contributed by atoms with Crippen LogP contribution in [0.15, 0.2) is 79.0 Å². The second-order valence-electron chi connectivity index (χ2n) is 13.3. The molecule has 7 rings (SSSR count). The van der Waals surface area contributed by atoms with Crippen molar-refractivity contribution in [1.82, 2.24) is 24.7 Å². The summed E-state index contributed by atoms with van der Waals surface area (Å²) in [7, 11) is 3.52. The number of amides is 3. The molecular weight excluding hydrogens is 618 g/mol. The van der Waals surface area contributed by atoms with Crippen LogP contribution in [0.25, 0.3) is 0 Å². The minimum Gasteiger partial charge on any atom is -0.378 e. The Morgan fingerprint density at radius 1 is 0.816 bits per heavy atom. The molecule has 0 bridgehead atoms. The normalized spacial score (nSPS) is 16.8. The van der Waals surface area contributed by atoms with Gasteiger partial charge in [-0.05, 0) is 78.9 Å². The van der Waals surface area contributed by atoms with Crippen LogP contribution in [0.1, 0.15) is 67.4 Å². The van der Waals surface area contributed by atoms with Gasteiger partial charge in [0.1, 0.15) is 0 Å². The lowest BCUT2D eigenvalue weighted by Crippen LogP contribution is -2.56. The fourth-order valence-corrected chi connectivity index (χ4v) is 7.11. The van der Waals surface area contributed by atoms with Crippen molar-refractivity contribution in [2.45, 2.75) is 44.4 Å². The van der Waals surface area contributed by atoms with Gasteiger partial charge in [0.05, 0.1) is 30.6 Å². The van der Waals surface area contributed by atoms with Crippen molar-refractivity contribution in [1.29, 1.82) is 0 Å². The van der Waals surface area contributed by atoms with Crippen LogP contribution >= 0.6 is 0 Å². The summed E-state index contributed by atoms with van der Waals surface area (Å²) in [5, 5.41) is 6.00. The number of rotatable bonds is 9. The molecule has 3 aromatic carbocycles. The largest absolute Gasteiger partial charge is 0.378 e. The zero-order valence-corrected chi connectivity index (χ0v) is 28.2. The van der Waals surface area contributed by atoms with E-state index in [9.17, 15) is 14.4 Å². The number of nitrogens with zero attached hydrogens (tertiary/aromatic N) is 5. The van der Waals surface area contributed by atoms with Crippen molar-refractivity contribution in [2.24, 2.45) is 0 Å². The number of imidazole rings is 1. The Morgan fingerprint density at radius 2 is 1.49 bits per heavy atom. The van der Waals surface area contributed by atoms with Gasteiger partial charge in [-0.3, -0.25) is 19.3 Å². The second-order valence-corrected chi connectivity index (χ2v) is 13.3. The van der Waals surface area contributed by atoms with Gasteiger partial charge >= 0.3 is 0 Å². The summed E-state index contributed by atoms with van der Waals surface area (Å²) in [5.74, 6) is 0.0337. The van der Waals surface area contributed by atoms with Crippen LogP contribution in [0.5, 0.6) is 0 Å². The smallest absolute Gasteiger partial charge is 0.287 e. The van der Waals surface area contributed by atoms with Crippen molar-refractivity contribution in [2.75, 3.05) is 57.2 Å². The molecule has 1 spiro atoms. The molecule has 1 saturated carbocycles. The first-order valence-electron chi connectivity index (χ1n) is 17.0. The third-order valence-electron chi connectivity index (χ3n) is 10.1. The van der Waals surface area contributed by atoms with Crippen molar-refractivity contribution in [3.8, 4) is 0 Å². The summed E-state index contributed by atoms with van der Waals surface area (Å²) in [6.45, 7) is 5.77. The number of fused-ring (bicyclic) bond motifs is 2. The van der Waals surface area contributed by atoms with E-state index in [-0.39, 0.29) is 23.3 Å². The number of anilines is 2. The molecule has 11 heteroatoms. The summed E-state index contributed by atoms with van der Waals surface area (Å²) < 4.78 is 7.52. The molecule has 1 aromatic heterocycles. The summed E-state index contributed by atoms with van der Waals surface area (Å²) in [6, 6.07) is 23.0. The number of aromatic nitrogens is 2. The van der Waals surface area contributed by atoms with Crippen LogP contribution in [0.3, 0.4) is 0 Å². The summed E-state index contributed by atoms with van der Waals surface area (Å²) in [5.41, 5.74) is 6.10. The van der Waals surface area contributed by atoms with Gasteiger partial charge in [-0.15, -0.1) is 0 Å². The first-order chi connectivity index (χ1) is 23.8. The lowest BCUT2D eigenvalue weighted by Gasteiger charge is -2.53. The molecule has 2 aliphatic heterocycles. The number of carbonyl (C=O) groups excluding carboxylic acids is 3. The predicted octanol–water partition coefficient (Wildman–Crippen LogP) is 4.50. The zero-order chi connectivity index (χ0) is 34.0. The molecule has 3 heterocycles. The van der Waals surface area contributed by atoms with Crippen molar-refractivity contribution in [3.63, 3.8) is 0 Å². The molecule has 1 saturated heterocycles. The minimum atomic E-state index is -0.210. The number of morpholine rings is 1. The van der Waals surface area contributed by atoms with Gasteiger partial charge < -0.3 is 29.7 Å². The molecule has 254 valence electrons. The zero-order valence-electron chi connectivity index (χ0n) is 28.2. The molecular formula is C38H43N7O4. The Bertz CT molecular complexity index is 1810. The van der Waals surface area contributed by atoms with Crippen molar-refractivity contribution in [3.05, 3.63) is 113 Å². The number of benzene rings is 3. The van der Waals surface area contributed by atoms with Crippen LogP contribution in [-0.4, -0.2) is 84.0 Å². The molecule has 0 radical (unpaired) electrons. The highest BCUT2D eigenvalue weighted by Gasteiger charge is 2.49. The van der Waals surface area contributed by atoms with Gasteiger partial charge in [0.15, 0.2) is 5.82 Å². The first kappa shape index (κ1) is 32.5. The maximum atomic E-state index is 13.4. The molecule has 3 amide bonds. The fourth-order valence-electron chi connectivity index (χ4n) is 7.11. The fraction of sp³-hybridized carbons (Fsp3) is 0.368. The minimum absolute atomic E-state index is 0.00325. The highest BCUT2D eigenvalue weighted by Crippen LogP contribution is 2.49. The standard InChI is InChI=1S/C38H43N7O4/c1-42(2)37(48)30-10-6-28(7-11-30)26-44-18-19-45-33(38(44)16-3-17-38)25-39-34(45)36(47)40-24-27-4-8-29(9-5-27)35(46)41-31-12-14-32(15-13-31)43-20-22-49-23-21-43/h4-15,25H,3,16-24,26H2,1-2H3,(H,40,47)(H,41,46). The van der Waals surface area contributed by atoms with E-state index in [1.54, 1.807) is 31.1 Å². The topological polar surface area (TPSA) is 112 Å². The van der Waals surface area contributed by atoms with Crippen LogP contribution in [0.2, 0.25) is 0 Å². The summed E-state index contributed by atoms with van der Waals surface area (Å²) in [4.78, 5) is 49.6. The molecule has 0 unspecified atom stereocenters. The Kier molecular flexibility index (Phi) is 9.20. The highest BCUT2D eigenvalue weighted by molar-refractivity contribution is 6.04. The summed E-state index contributed by atoms with van der Waals surface area (Å²) >= 11 is 0. The van der Waals surface area contributed by atoms with Crippen LogP contribution < -0.4 is 15.5 Å². The third-order valence-corrected chi connectivity index (χ3v) is 10.1. The monoisotopic (exact) mass is 661 g/mol. The van der Waals surface area contributed by atoms with Crippen LogP contribution in [-0.2, 0) is 29.9 Å². The Morgan fingerprint density at radius 3 is 2.14 bits per heavy atom. The van der Waals surface area contributed by atoms with Gasteiger partial charge in [-0.1, -0.05) is 24.3 Å². The average Bonchev–Trinajstić information content (AvgIpc) is 3.55. The van der Waals surface area contributed by atoms with E-state index in [2.05, 4.69) is 30.0 Å². The first-order valence-corrected chi connectivity index (χ1v) is 17.0. The molecule has 4 aromatic rings. The van der Waals surface area contributed by atoms with E-state index in [1.165, 1.54) is 0 Å². The van der Waals surface area contributed by atoms with E-state index in [0.29, 0.717) is 30.0 Å². The maximum absolute atomic E-state index is 13.4. The van der Waals surface area contributed by atoms with Gasteiger partial charge in [-0.2, -0.15) is 0 Å². The van der Waals surface area contributed by atoms with Gasteiger partial charge in [0, 0.05) is 75.9 Å². The maximum Gasteiger partial charge on any atom is 0.287 e. The molecule has 11 nitrogen and oxygen atoms in total. The van der Waals surface area contributed by atoms with Crippen molar-refractivity contribution < 1.29 is 19.1 Å². The Labute approximate surface area is 286 Å². The quantitative estimate of drug-likeness (QED) is 0.272. The van der Waals surface area contributed by atoms with Crippen LogP contribution in [0.4, 0.5) is 11.4 Å². The van der Waals surface area contributed by atoms with E-state index in [1.807, 2.05) is 66.9 Å². The molecule has 2 N–H and O–H groups in total. The number of carbonyl (C=O) groups is 3. The lowest BCUT2D eigenvalue weighted by molar-refractivity contribution is -0.0217.